The van der Waals surface area contributed by atoms with E-state index in [2.05, 4.69) is 15.3 Å². The molecule has 3 aromatic carbocycles. The summed E-state index contributed by atoms with van der Waals surface area (Å²) in [5.41, 5.74) is 5.30. The van der Waals surface area contributed by atoms with Gasteiger partial charge in [0.15, 0.2) is 12.6 Å². The number of rotatable bonds is 11. The summed E-state index contributed by atoms with van der Waals surface area (Å²) in [6.45, 7) is 0.433. The van der Waals surface area contributed by atoms with Gasteiger partial charge < -0.3 is 32.8 Å². The average molecular weight is 747 g/mol. The Hall–Kier alpha value is -7.16. The molecule has 0 spiro atoms. The van der Waals surface area contributed by atoms with Crippen molar-refractivity contribution < 1.29 is 33.3 Å². The van der Waals surface area contributed by atoms with E-state index in [1.807, 2.05) is 24.3 Å². The van der Waals surface area contributed by atoms with Crippen molar-refractivity contribution in [2.45, 2.75) is 6.54 Å². The van der Waals surface area contributed by atoms with Gasteiger partial charge in [-0.25, -0.2) is 0 Å². The Morgan fingerprint density at radius 3 is 1.62 bits per heavy atom. The Kier molecular flexibility index (Phi) is 10.8. The number of carbonyl (C=O) groups is 2. The van der Waals surface area contributed by atoms with Gasteiger partial charge in [0, 0.05) is 48.4 Å². The van der Waals surface area contributed by atoms with Crippen molar-refractivity contribution in [3.05, 3.63) is 111 Å². The smallest absolute Gasteiger partial charge is 0.276 e. The zero-order valence-corrected chi connectivity index (χ0v) is 31.2. The second kappa shape index (κ2) is 15.8. The molecule has 282 valence electrons. The number of pyridine rings is 2. The molecule has 0 radical (unpaired) electrons. The van der Waals surface area contributed by atoms with Gasteiger partial charge in [-0.2, -0.15) is 10.2 Å². The first-order valence-electron chi connectivity index (χ1n) is 16.7. The highest BCUT2D eigenvalue weighted by molar-refractivity contribution is 5.97. The Bertz CT molecular complexity index is 2620. The van der Waals surface area contributed by atoms with Gasteiger partial charge in [0.05, 0.1) is 65.6 Å². The lowest BCUT2D eigenvalue weighted by Crippen LogP contribution is -2.20. The number of aldehydes is 2. The summed E-state index contributed by atoms with van der Waals surface area (Å²) in [4.78, 5) is 47.9. The van der Waals surface area contributed by atoms with E-state index in [-0.39, 0.29) is 11.1 Å². The highest BCUT2D eigenvalue weighted by Crippen LogP contribution is 2.37. The first-order chi connectivity index (χ1) is 26.6. The lowest BCUT2D eigenvalue weighted by molar-refractivity contribution is 0.111. The van der Waals surface area contributed by atoms with Crippen LogP contribution < -0.4 is 34.8 Å². The predicted molar refractivity (Wildman–Crippen MR) is 206 cm³/mol. The number of hydrogen-bond donors (Lipinski definition) is 1. The lowest BCUT2D eigenvalue weighted by atomic mass is 10.0. The van der Waals surface area contributed by atoms with Crippen LogP contribution in [-0.2, 0) is 20.6 Å². The maximum absolute atomic E-state index is 13.0. The Labute approximate surface area is 314 Å². The molecule has 1 N–H and O–H groups in total. The largest absolute Gasteiger partial charge is 0.497 e. The first kappa shape index (κ1) is 37.6. The molecule has 0 aliphatic heterocycles. The van der Waals surface area contributed by atoms with E-state index in [1.54, 1.807) is 74.9 Å². The summed E-state index contributed by atoms with van der Waals surface area (Å²) in [5, 5.41) is 12.6. The van der Waals surface area contributed by atoms with Crippen molar-refractivity contribution in [2.75, 3.05) is 35.5 Å². The Balaban J connectivity index is 0.000000197. The predicted octanol–water partition coefficient (Wildman–Crippen LogP) is 5.05. The number of aryl methyl sites for hydroxylation is 2. The topological polar surface area (TPSA) is 171 Å². The number of methoxy groups -OCH3 is 5. The van der Waals surface area contributed by atoms with E-state index < -0.39 is 0 Å². The van der Waals surface area contributed by atoms with Crippen LogP contribution in [-0.4, -0.2) is 77.2 Å². The minimum atomic E-state index is -0.162. The molecule has 0 aliphatic rings. The van der Waals surface area contributed by atoms with Gasteiger partial charge in [0.2, 0.25) is 0 Å². The van der Waals surface area contributed by atoms with Crippen LogP contribution in [0, 0.1) is 0 Å². The molecule has 55 heavy (non-hydrogen) atoms. The monoisotopic (exact) mass is 746 g/mol. The third-order valence-electron chi connectivity index (χ3n) is 9.20. The second-order valence-electron chi connectivity index (χ2n) is 12.3. The van der Waals surface area contributed by atoms with E-state index in [1.165, 1.54) is 37.6 Å². The van der Waals surface area contributed by atoms with Crippen molar-refractivity contribution >= 4 is 34.4 Å². The highest BCUT2D eigenvalue weighted by Gasteiger charge is 2.20. The van der Waals surface area contributed by atoms with Gasteiger partial charge in [-0.15, -0.1) is 0 Å². The standard InChI is InChI=1S/C24H23N3O5.C16H15N3O4/c1-26-13-19(16-9-21(31-3)20(14-28)22(10-16)32-4)18-11-25-27(23(18)24(26)29)12-15-5-7-17(30-2)8-6-15;1-19-7-11(10-6-17-18-15(10)16(19)21)9-4-13(22-2)12(8-20)14(5-9)23-3/h5-11,13-14H,12H2,1-4H3;4-8H,1-3H3,(H,17,18). The molecule has 0 amide bonds. The average Bonchev–Trinajstić information content (AvgIpc) is 3.88. The molecular formula is C40H38N6O9. The molecule has 7 aromatic rings. The van der Waals surface area contributed by atoms with E-state index in [0.717, 1.165) is 33.6 Å². The van der Waals surface area contributed by atoms with Crippen LogP contribution in [0.1, 0.15) is 26.3 Å². The molecule has 0 aliphatic carbocycles. The summed E-state index contributed by atoms with van der Waals surface area (Å²) in [6, 6.07) is 14.6. The molecule has 0 fully saturated rings. The van der Waals surface area contributed by atoms with E-state index >= 15 is 0 Å². The van der Waals surface area contributed by atoms with Crippen molar-refractivity contribution in [1.82, 2.24) is 29.1 Å². The molecular weight excluding hydrogens is 708 g/mol. The molecule has 4 aromatic heterocycles. The number of aromatic nitrogens is 6. The number of nitrogens with zero attached hydrogens (tertiary/aromatic N) is 5. The van der Waals surface area contributed by atoms with E-state index in [4.69, 9.17) is 23.7 Å². The fraction of sp³-hybridized carbons (Fsp3) is 0.200. The van der Waals surface area contributed by atoms with Crippen LogP contribution in [0.25, 0.3) is 44.1 Å². The molecule has 0 unspecified atom stereocenters. The van der Waals surface area contributed by atoms with Crippen LogP contribution in [0.15, 0.2) is 82.9 Å². The van der Waals surface area contributed by atoms with Gasteiger partial charge in [-0.1, -0.05) is 12.1 Å². The zero-order valence-electron chi connectivity index (χ0n) is 31.2. The number of aromatic amines is 1. The maximum atomic E-state index is 13.0. The fourth-order valence-electron chi connectivity index (χ4n) is 6.35. The number of benzene rings is 3. The van der Waals surface area contributed by atoms with Crippen LogP contribution in [0.3, 0.4) is 0 Å². The normalized spacial score (nSPS) is 10.8. The van der Waals surface area contributed by atoms with Crippen LogP contribution >= 0.6 is 0 Å². The third-order valence-corrected chi connectivity index (χ3v) is 9.20. The number of nitrogens with one attached hydrogen (secondary N) is 1. The van der Waals surface area contributed by atoms with Gasteiger partial charge >= 0.3 is 0 Å². The molecule has 0 atom stereocenters. The summed E-state index contributed by atoms with van der Waals surface area (Å²) in [6.07, 6.45) is 8.13. The minimum absolute atomic E-state index is 0.154. The number of carbonyl (C=O) groups excluding carboxylic acids is 2. The van der Waals surface area contributed by atoms with Crippen molar-refractivity contribution in [2.24, 2.45) is 14.1 Å². The van der Waals surface area contributed by atoms with Gasteiger partial charge in [0.1, 0.15) is 39.8 Å². The number of hydrogen-bond acceptors (Lipinski definition) is 11. The van der Waals surface area contributed by atoms with Gasteiger partial charge in [0.25, 0.3) is 11.1 Å². The highest BCUT2D eigenvalue weighted by atomic mass is 16.5. The van der Waals surface area contributed by atoms with Crippen molar-refractivity contribution in [1.29, 1.82) is 0 Å². The molecule has 0 saturated heterocycles. The Morgan fingerprint density at radius 2 is 1.15 bits per heavy atom. The van der Waals surface area contributed by atoms with Crippen molar-refractivity contribution in [3.8, 4) is 51.0 Å². The SMILES string of the molecule is COc1cc(-c2cn(C)c(=O)c3[nH]ncc23)cc(OC)c1C=O.COc1ccc(Cn2ncc3c(-c4cc(OC)c(C=O)c(OC)c4)cn(C)c(=O)c32)cc1. The first-order valence-corrected chi connectivity index (χ1v) is 16.7. The Morgan fingerprint density at radius 1 is 0.655 bits per heavy atom. The molecule has 0 bridgehead atoms. The molecule has 15 nitrogen and oxygen atoms in total. The van der Waals surface area contributed by atoms with Crippen molar-refractivity contribution in [3.63, 3.8) is 0 Å². The zero-order chi connectivity index (χ0) is 39.4. The second-order valence-corrected chi connectivity index (χ2v) is 12.3. The maximum Gasteiger partial charge on any atom is 0.276 e. The van der Waals surface area contributed by atoms with E-state index in [9.17, 15) is 19.2 Å². The summed E-state index contributed by atoms with van der Waals surface area (Å²) in [5.74, 6) is 2.35. The molecule has 4 heterocycles. The minimum Gasteiger partial charge on any atom is -0.497 e. The number of fused-ring (bicyclic) bond motifs is 2. The van der Waals surface area contributed by atoms with Gasteiger partial charge in [-0.05, 0) is 53.1 Å². The summed E-state index contributed by atoms with van der Waals surface area (Å²) < 4.78 is 31.3. The van der Waals surface area contributed by atoms with Gasteiger partial charge in [-0.3, -0.25) is 29.0 Å². The number of ether oxygens (including phenoxy) is 5. The third kappa shape index (κ3) is 7.02. The molecule has 15 heteroatoms. The molecule has 7 rings (SSSR count). The van der Waals surface area contributed by atoms with Crippen LogP contribution in [0.2, 0.25) is 0 Å². The molecule has 0 saturated carbocycles. The summed E-state index contributed by atoms with van der Waals surface area (Å²) >= 11 is 0. The van der Waals surface area contributed by atoms with Crippen LogP contribution in [0.4, 0.5) is 0 Å². The quantitative estimate of drug-likeness (QED) is 0.176. The number of H-pyrrole nitrogens is 1. The van der Waals surface area contributed by atoms with Crippen LogP contribution in [0.5, 0.6) is 28.7 Å². The summed E-state index contributed by atoms with van der Waals surface area (Å²) in [7, 11) is 10.9. The van der Waals surface area contributed by atoms with E-state index in [0.29, 0.717) is 75.0 Å². The fourth-order valence-corrected chi connectivity index (χ4v) is 6.35. The lowest BCUT2D eigenvalue weighted by Gasteiger charge is -2.13.